The van der Waals surface area contributed by atoms with Gasteiger partial charge in [0.15, 0.2) is 0 Å². The van der Waals surface area contributed by atoms with E-state index in [0.717, 1.165) is 49.4 Å². The van der Waals surface area contributed by atoms with Gasteiger partial charge in [-0.15, -0.1) is 11.8 Å². The van der Waals surface area contributed by atoms with Crippen LogP contribution in [0.5, 0.6) is 0 Å². The van der Waals surface area contributed by atoms with E-state index in [1.165, 1.54) is 23.3 Å². The Morgan fingerprint density at radius 3 is 2.73 bits per heavy atom. The van der Waals surface area contributed by atoms with Gasteiger partial charge in [-0.2, -0.15) is 9.40 Å². The van der Waals surface area contributed by atoms with Gasteiger partial charge in [-0.1, -0.05) is 19.3 Å². The van der Waals surface area contributed by atoms with Crippen LogP contribution in [0.4, 0.5) is 0 Å². The van der Waals surface area contributed by atoms with E-state index in [2.05, 4.69) is 15.1 Å². The number of sulfonamides is 1. The predicted octanol–water partition coefficient (Wildman–Crippen LogP) is 2.81. The third kappa shape index (κ3) is 4.83. The first-order chi connectivity index (χ1) is 12.6. The van der Waals surface area contributed by atoms with Crippen LogP contribution in [0.3, 0.4) is 0 Å². The van der Waals surface area contributed by atoms with Crippen LogP contribution in [-0.4, -0.2) is 51.3 Å². The van der Waals surface area contributed by atoms with Gasteiger partial charge >= 0.3 is 0 Å². The second-order valence-corrected chi connectivity index (χ2v) is 9.62. The average molecular weight is 396 g/mol. The molecule has 0 spiro atoms. The van der Waals surface area contributed by atoms with Gasteiger partial charge in [0.05, 0.1) is 5.03 Å². The summed E-state index contributed by atoms with van der Waals surface area (Å²) in [4.78, 5) is 8.52. The molecule has 0 bridgehead atoms. The average Bonchev–Trinajstić information content (AvgIpc) is 3.19. The second-order valence-electron chi connectivity index (χ2n) is 6.51. The smallest absolute Gasteiger partial charge is 0.244 e. The Labute approximate surface area is 159 Å². The molecule has 0 radical (unpaired) electrons. The third-order valence-electron chi connectivity index (χ3n) is 4.72. The fourth-order valence-corrected chi connectivity index (χ4v) is 5.30. The van der Waals surface area contributed by atoms with Gasteiger partial charge in [0.2, 0.25) is 10.0 Å². The topological polar surface area (TPSA) is 81.0 Å². The molecule has 0 aromatic carbocycles. The van der Waals surface area contributed by atoms with Crippen molar-refractivity contribution in [3.63, 3.8) is 0 Å². The molecule has 2 aromatic rings. The van der Waals surface area contributed by atoms with Crippen molar-refractivity contribution < 1.29 is 8.42 Å². The fourth-order valence-electron chi connectivity index (χ4n) is 3.16. The zero-order valence-electron chi connectivity index (χ0n) is 15.0. The van der Waals surface area contributed by atoms with Crippen molar-refractivity contribution in [1.29, 1.82) is 0 Å². The van der Waals surface area contributed by atoms with E-state index in [4.69, 9.17) is 0 Å². The summed E-state index contributed by atoms with van der Waals surface area (Å²) in [6, 6.07) is 3.57. The van der Waals surface area contributed by atoms with Crippen LogP contribution in [0.1, 0.15) is 38.5 Å². The normalized spacial score (nSPS) is 16.2. The maximum atomic E-state index is 12.8. The lowest BCUT2D eigenvalue weighted by atomic mass is 9.96. The molecule has 1 aliphatic carbocycles. The Morgan fingerprint density at radius 1 is 1.27 bits per heavy atom. The van der Waals surface area contributed by atoms with Crippen molar-refractivity contribution in [2.45, 2.75) is 61.0 Å². The number of hydrogen-bond acceptors (Lipinski definition) is 6. The fraction of sp³-hybridized carbons (Fsp3) is 0.588. The number of hydrogen-bond donors (Lipinski definition) is 0. The first-order valence-electron chi connectivity index (χ1n) is 8.96. The number of thioether (sulfide) groups is 1. The Bertz CT molecular complexity index is 772. The first kappa shape index (κ1) is 19.3. The van der Waals surface area contributed by atoms with Gasteiger partial charge in [-0.25, -0.2) is 18.4 Å². The molecule has 0 saturated heterocycles. The van der Waals surface area contributed by atoms with Crippen LogP contribution in [0.25, 0.3) is 0 Å². The van der Waals surface area contributed by atoms with Crippen molar-refractivity contribution >= 4 is 21.8 Å². The van der Waals surface area contributed by atoms with Gasteiger partial charge in [0.25, 0.3) is 0 Å². The zero-order chi connectivity index (χ0) is 18.4. The van der Waals surface area contributed by atoms with Gasteiger partial charge in [-0.05, 0) is 31.4 Å². The zero-order valence-corrected chi connectivity index (χ0v) is 16.6. The molecule has 1 saturated carbocycles. The van der Waals surface area contributed by atoms with E-state index in [1.54, 1.807) is 42.0 Å². The van der Waals surface area contributed by atoms with E-state index in [1.807, 2.05) is 0 Å². The molecule has 7 nitrogen and oxygen atoms in total. The highest BCUT2D eigenvalue weighted by Gasteiger charge is 2.29. The van der Waals surface area contributed by atoms with Gasteiger partial charge < -0.3 is 0 Å². The van der Waals surface area contributed by atoms with Crippen LogP contribution < -0.4 is 0 Å². The van der Waals surface area contributed by atoms with Crippen LogP contribution in [0.2, 0.25) is 0 Å². The van der Waals surface area contributed by atoms with Crippen LogP contribution >= 0.6 is 11.8 Å². The minimum absolute atomic E-state index is 0.111. The Kier molecular flexibility index (Phi) is 6.66. The molecule has 9 heteroatoms. The second kappa shape index (κ2) is 8.96. The van der Waals surface area contributed by atoms with Crippen molar-refractivity contribution in [3.05, 3.63) is 31.0 Å². The monoisotopic (exact) mass is 395 g/mol. The molecule has 142 valence electrons. The van der Waals surface area contributed by atoms with Crippen LogP contribution in [-0.2, 0) is 16.6 Å². The van der Waals surface area contributed by atoms with Gasteiger partial charge in [0, 0.05) is 31.6 Å². The molecule has 2 heterocycles. The van der Waals surface area contributed by atoms with Crippen molar-refractivity contribution in [2.24, 2.45) is 0 Å². The summed E-state index contributed by atoms with van der Waals surface area (Å²) in [6.45, 7) is 0.811. The molecule has 0 atom stereocenters. The van der Waals surface area contributed by atoms with E-state index >= 15 is 0 Å². The minimum atomic E-state index is -3.47. The molecular weight excluding hydrogens is 370 g/mol. The number of rotatable bonds is 8. The summed E-state index contributed by atoms with van der Waals surface area (Å²) in [7, 11) is -1.77. The molecule has 1 aliphatic rings. The highest BCUT2D eigenvalue weighted by Crippen LogP contribution is 2.27. The molecular formula is C17H25N5O2S2. The summed E-state index contributed by atoms with van der Waals surface area (Å²) in [6.07, 6.45) is 11.0. The molecule has 0 aliphatic heterocycles. The molecule has 2 aromatic heterocycles. The highest BCUT2D eigenvalue weighted by atomic mass is 32.2. The Morgan fingerprint density at radius 2 is 2.08 bits per heavy atom. The standard InChI is InChI=1S/C17H25N5O2S2/c1-21(15-6-3-2-4-7-15)26(23,24)16-8-9-17(19-12-16)25-11-5-10-22-14-18-13-20-22/h8-9,12-15H,2-7,10-11H2,1H3. The number of nitrogens with zero attached hydrogens (tertiary/aromatic N) is 5. The maximum absolute atomic E-state index is 12.8. The van der Waals surface area contributed by atoms with Crippen LogP contribution in [0, 0.1) is 0 Å². The molecule has 26 heavy (non-hydrogen) atoms. The van der Waals surface area contributed by atoms with E-state index in [-0.39, 0.29) is 10.9 Å². The van der Waals surface area contributed by atoms with E-state index < -0.39 is 10.0 Å². The molecule has 3 rings (SSSR count). The van der Waals surface area contributed by atoms with Crippen LogP contribution in [0.15, 0.2) is 40.9 Å². The first-order valence-corrected chi connectivity index (χ1v) is 11.4. The summed E-state index contributed by atoms with van der Waals surface area (Å²) in [5.74, 6) is 0.890. The minimum Gasteiger partial charge on any atom is -0.253 e. The van der Waals surface area contributed by atoms with E-state index in [9.17, 15) is 8.42 Å². The lowest BCUT2D eigenvalue weighted by molar-refractivity contribution is 0.285. The lowest BCUT2D eigenvalue weighted by Crippen LogP contribution is -2.38. The molecule has 0 unspecified atom stereocenters. The molecule has 0 N–H and O–H groups in total. The quantitative estimate of drug-likeness (QED) is 0.505. The summed E-state index contributed by atoms with van der Waals surface area (Å²) < 4.78 is 28.9. The Hall–Kier alpha value is -1.45. The molecule has 0 amide bonds. The van der Waals surface area contributed by atoms with Crippen molar-refractivity contribution in [1.82, 2.24) is 24.1 Å². The summed E-state index contributed by atoms with van der Waals surface area (Å²) >= 11 is 1.62. The van der Waals surface area contributed by atoms with E-state index in [0.29, 0.717) is 0 Å². The summed E-state index contributed by atoms with van der Waals surface area (Å²) in [5, 5.41) is 4.90. The van der Waals surface area contributed by atoms with Gasteiger partial charge in [-0.3, -0.25) is 4.68 Å². The number of pyridine rings is 1. The Balaban J connectivity index is 1.54. The lowest BCUT2D eigenvalue weighted by Gasteiger charge is -2.30. The van der Waals surface area contributed by atoms with Gasteiger partial charge in [0.1, 0.15) is 17.6 Å². The largest absolute Gasteiger partial charge is 0.253 e. The van der Waals surface area contributed by atoms with Crippen molar-refractivity contribution in [3.8, 4) is 0 Å². The molecule has 1 fully saturated rings. The summed E-state index contributed by atoms with van der Waals surface area (Å²) in [5.41, 5.74) is 0. The van der Waals surface area contributed by atoms with Crippen molar-refractivity contribution in [2.75, 3.05) is 12.8 Å². The SMILES string of the molecule is CN(C1CCCCC1)S(=O)(=O)c1ccc(SCCCn2cncn2)nc1. The number of aromatic nitrogens is 4. The number of aryl methyl sites for hydroxylation is 1. The predicted molar refractivity (Wildman–Crippen MR) is 101 cm³/mol. The third-order valence-corrected chi connectivity index (χ3v) is 7.65. The maximum Gasteiger partial charge on any atom is 0.244 e. The highest BCUT2D eigenvalue weighted by molar-refractivity contribution is 7.99.